The number of carbonyl (C=O) groups is 2. The number of hydrogen-bond donors (Lipinski definition) is 2. The lowest BCUT2D eigenvalue weighted by atomic mass is 10.1. The second-order valence-electron chi connectivity index (χ2n) is 4.66. The average molecular weight is 294 g/mol. The predicted octanol–water partition coefficient (Wildman–Crippen LogP) is 1.56. The topological polar surface area (TPSA) is 69.6 Å². The van der Waals surface area contributed by atoms with Gasteiger partial charge < -0.3 is 10.4 Å². The van der Waals surface area contributed by atoms with E-state index in [1.807, 2.05) is 18.4 Å². The number of carboxylic acid groups (broad SMARTS) is 1. The first-order valence-corrected chi connectivity index (χ1v) is 7.49. The predicted molar refractivity (Wildman–Crippen MR) is 78.5 cm³/mol. The summed E-state index contributed by atoms with van der Waals surface area (Å²) >= 11 is 1.59. The van der Waals surface area contributed by atoms with Gasteiger partial charge >= 0.3 is 5.97 Å². The Balaban J connectivity index is 2.11. The lowest BCUT2D eigenvalue weighted by Gasteiger charge is -2.34. The molecule has 1 unspecified atom stereocenters. The molecule has 0 spiro atoms. The van der Waals surface area contributed by atoms with E-state index in [1.165, 1.54) is 0 Å². The van der Waals surface area contributed by atoms with Gasteiger partial charge in [0.15, 0.2) is 0 Å². The van der Waals surface area contributed by atoms with Gasteiger partial charge in [0.2, 0.25) is 5.91 Å². The molecule has 5 nitrogen and oxygen atoms in total. The Morgan fingerprint density at radius 3 is 3.15 bits per heavy atom. The number of carbonyl (C=O) groups excluding carboxylic acids is 1. The molecule has 1 fully saturated rings. The maximum absolute atomic E-state index is 11.8. The number of nitrogens with zero attached hydrogens (tertiary/aromatic N) is 1. The molecule has 0 aromatic carbocycles. The Bertz CT molecular complexity index is 524. The first-order chi connectivity index (χ1) is 9.61. The monoisotopic (exact) mass is 294 g/mol. The van der Waals surface area contributed by atoms with Crippen LogP contribution in [-0.4, -0.2) is 41.0 Å². The van der Waals surface area contributed by atoms with Crippen molar-refractivity contribution in [3.63, 3.8) is 0 Å². The Hall–Kier alpha value is -1.66. The van der Waals surface area contributed by atoms with E-state index in [2.05, 4.69) is 10.2 Å². The van der Waals surface area contributed by atoms with Gasteiger partial charge in [-0.3, -0.25) is 9.69 Å². The van der Waals surface area contributed by atoms with Crippen molar-refractivity contribution in [1.29, 1.82) is 0 Å². The summed E-state index contributed by atoms with van der Waals surface area (Å²) in [5.41, 5.74) is 0.915. The third kappa shape index (κ3) is 3.46. The number of amides is 1. The molecule has 0 aliphatic carbocycles. The van der Waals surface area contributed by atoms with E-state index in [0.29, 0.717) is 13.1 Å². The molecular formula is C14H18N2O3S. The van der Waals surface area contributed by atoms with Gasteiger partial charge in [0.1, 0.15) is 0 Å². The number of hydrogen-bond acceptors (Lipinski definition) is 4. The van der Waals surface area contributed by atoms with Crippen LogP contribution in [0.2, 0.25) is 0 Å². The van der Waals surface area contributed by atoms with Gasteiger partial charge in [-0.15, -0.1) is 11.3 Å². The van der Waals surface area contributed by atoms with Crippen LogP contribution in [0.4, 0.5) is 0 Å². The number of piperazine rings is 1. The first kappa shape index (κ1) is 14.7. The van der Waals surface area contributed by atoms with E-state index >= 15 is 0 Å². The van der Waals surface area contributed by atoms with Gasteiger partial charge in [0, 0.05) is 30.6 Å². The van der Waals surface area contributed by atoms with Crippen molar-refractivity contribution in [1.82, 2.24) is 10.2 Å². The molecule has 1 aromatic heterocycles. The van der Waals surface area contributed by atoms with Crippen molar-refractivity contribution in [2.75, 3.05) is 13.1 Å². The van der Waals surface area contributed by atoms with Gasteiger partial charge in [-0.25, -0.2) is 4.79 Å². The van der Waals surface area contributed by atoms with Crippen LogP contribution < -0.4 is 5.32 Å². The highest BCUT2D eigenvalue weighted by Gasteiger charge is 2.28. The number of carboxylic acids is 1. The van der Waals surface area contributed by atoms with Crippen LogP contribution in [-0.2, 0) is 16.1 Å². The highest BCUT2D eigenvalue weighted by atomic mass is 32.1. The third-order valence-corrected chi connectivity index (χ3v) is 4.28. The minimum Gasteiger partial charge on any atom is -0.478 e. The highest BCUT2D eigenvalue weighted by Crippen LogP contribution is 2.22. The van der Waals surface area contributed by atoms with Crippen LogP contribution in [0.15, 0.2) is 17.5 Å². The Morgan fingerprint density at radius 1 is 1.65 bits per heavy atom. The summed E-state index contributed by atoms with van der Waals surface area (Å²) in [6.45, 7) is 4.18. The molecule has 1 aromatic rings. The zero-order valence-electron chi connectivity index (χ0n) is 11.3. The molecule has 1 atom stereocenters. The maximum atomic E-state index is 11.8. The second kappa shape index (κ2) is 6.67. The minimum absolute atomic E-state index is 0.0814. The zero-order chi connectivity index (χ0) is 14.5. The van der Waals surface area contributed by atoms with E-state index in [9.17, 15) is 9.59 Å². The minimum atomic E-state index is -0.953. The third-order valence-electron chi connectivity index (χ3n) is 3.36. The highest BCUT2D eigenvalue weighted by molar-refractivity contribution is 7.10. The largest absolute Gasteiger partial charge is 0.478 e. The van der Waals surface area contributed by atoms with Crippen molar-refractivity contribution < 1.29 is 14.7 Å². The molecule has 0 saturated carbocycles. The van der Waals surface area contributed by atoms with E-state index in [1.54, 1.807) is 17.4 Å². The van der Waals surface area contributed by atoms with Gasteiger partial charge in [0.05, 0.1) is 6.04 Å². The second-order valence-corrected chi connectivity index (χ2v) is 5.66. The lowest BCUT2D eigenvalue weighted by Crippen LogP contribution is -2.54. The molecule has 2 heterocycles. The van der Waals surface area contributed by atoms with Crippen LogP contribution in [0, 0.1) is 0 Å². The molecule has 2 rings (SSSR count). The zero-order valence-corrected chi connectivity index (χ0v) is 12.2. The van der Waals surface area contributed by atoms with E-state index < -0.39 is 5.97 Å². The fourth-order valence-corrected chi connectivity index (χ4v) is 3.26. The maximum Gasteiger partial charge on any atom is 0.328 e. The number of aliphatic carboxylic acids is 1. The molecule has 1 amide bonds. The SMILES string of the molecule is CCC1C(=O)NCCN1Cc1sccc1C=CC(=O)O. The van der Waals surface area contributed by atoms with Gasteiger partial charge in [0.25, 0.3) is 0 Å². The number of thiophene rings is 1. The lowest BCUT2D eigenvalue weighted by molar-refractivity contribution is -0.131. The van der Waals surface area contributed by atoms with Crippen molar-refractivity contribution >= 4 is 29.3 Å². The van der Waals surface area contributed by atoms with E-state index in [4.69, 9.17) is 5.11 Å². The summed E-state index contributed by atoms with van der Waals surface area (Å²) in [7, 11) is 0. The van der Waals surface area contributed by atoms with E-state index in [0.717, 1.165) is 29.5 Å². The standard InChI is InChI=1S/C14H18N2O3S/c1-2-11-14(19)15-6-7-16(11)9-12-10(5-8-20-12)3-4-13(17)18/h3-5,8,11H,2,6-7,9H2,1H3,(H,15,19)(H,17,18). The quantitative estimate of drug-likeness (QED) is 0.809. The Labute approximate surface area is 121 Å². The average Bonchev–Trinajstić information content (AvgIpc) is 2.84. The van der Waals surface area contributed by atoms with Crippen molar-refractivity contribution in [3.05, 3.63) is 28.0 Å². The molecule has 20 heavy (non-hydrogen) atoms. The van der Waals surface area contributed by atoms with Crippen LogP contribution in [0.25, 0.3) is 6.08 Å². The molecule has 0 radical (unpaired) electrons. The van der Waals surface area contributed by atoms with Crippen LogP contribution in [0.1, 0.15) is 23.8 Å². The van der Waals surface area contributed by atoms with Gasteiger partial charge in [-0.05, 0) is 29.5 Å². The molecule has 1 aliphatic heterocycles. The van der Waals surface area contributed by atoms with Crippen molar-refractivity contribution in [3.8, 4) is 0 Å². The summed E-state index contributed by atoms with van der Waals surface area (Å²) in [6.07, 6.45) is 3.53. The normalized spacial score (nSPS) is 20.2. The molecule has 6 heteroatoms. The number of rotatable bonds is 5. The summed E-state index contributed by atoms with van der Waals surface area (Å²) in [4.78, 5) is 25.7. The summed E-state index contributed by atoms with van der Waals surface area (Å²) in [6, 6.07) is 1.81. The molecule has 1 saturated heterocycles. The molecule has 0 bridgehead atoms. The van der Waals surface area contributed by atoms with Crippen molar-refractivity contribution in [2.45, 2.75) is 25.9 Å². The molecule has 2 N–H and O–H groups in total. The van der Waals surface area contributed by atoms with Crippen molar-refractivity contribution in [2.24, 2.45) is 0 Å². The molecular weight excluding hydrogens is 276 g/mol. The number of nitrogens with one attached hydrogen (secondary N) is 1. The van der Waals surface area contributed by atoms with E-state index in [-0.39, 0.29) is 11.9 Å². The van der Waals surface area contributed by atoms with Crippen LogP contribution >= 0.6 is 11.3 Å². The van der Waals surface area contributed by atoms with Gasteiger partial charge in [-0.2, -0.15) is 0 Å². The van der Waals surface area contributed by atoms with Gasteiger partial charge in [-0.1, -0.05) is 6.92 Å². The fraction of sp³-hybridized carbons (Fsp3) is 0.429. The van der Waals surface area contributed by atoms with Crippen LogP contribution in [0.3, 0.4) is 0 Å². The summed E-state index contributed by atoms with van der Waals surface area (Å²) < 4.78 is 0. The summed E-state index contributed by atoms with van der Waals surface area (Å²) in [5.74, 6) is -0.871. The first-order valence-electron chi connectivity index (χ1n) is 6.61. The Morgan fingerprint density at radius 2 is 2.45 bits per heavy atom. The fourth-order valence-electron chi connectivity index (χ4n) is 2.37. The molecule has 108 valence electrons. The summed E-state index contributed by atoms with van der Waals surface area (Å²) in [5, 5.41) is 13.5. The van der Waals surface area contributed by atoms with Crippen LogP contribution in [0.5, 0.6) is 0 Å². The molecule has 1 aliphatic rings. The Kier molecular flexibility index (Phi) is 4.92. The smallest absolute Gasteiger partial charge is 0.328 e.